The molecule has 0 bridgehead atoms. The summed E-state index contributed by atoms with van der Waals surface area (Å²) in [5.41, 5.74) is 1.28. The Kier molecular flexibility index (Phi) is 2.89. The van der Waals surface area contributed by atoms with E-state index in [0.717, 1.165) is 41.4 Å². The van der Waals surface area contributed by atoms with Crippen molar-refractivity contribution >= 4 is 33.5 Å². The van der Waals surface area contributed by atoms with Crippen molar-refractivity contribution in [3.63, 3.8) is 0 Å². The highest BCUT2D eigenvalue weighted by Crippen LogP contribution is 2.51. The fourth-order valence-electron chi connectivity index (χ4n) is 3.36. The molecule has 1 fully saturated rings. The standard InChI is InChI=1S/C14H14BrNO3/c15-9-3-4-11-10(7-9)14(5-1-2-6-14)13(19)16(11)8-12(17)18/h3-4,7H,1-2,5-6,8H2,(H,17,18). The molecule has 3 rings (SSSR count). The van der Waals surface area contributed by atoms with Gasteiger partial charge in [-0.15, -0.1) is 0 Å². The quantitative estimate of drug-likeness (QED) is 0.910. The number of aliphatic carboxylic acids is 1. The second kappa shape index (κ2) is 4.34. The lowest BCUT2D eigenvalue weighted by Crippen LogP contribution is -2.40. The Hall–Kier alpha value is -1.36. The highest BCUT2D eigenvalue weighted by atomic mass is 79.9. The lowest BCUT2D eigenvalue weighted by Gasteiger charge is -2.22. The molecule has 1 amide bonds. The van der Waals surface area contributed by atoms with Gasteiger partial charge in [0.15, 0.2) is 0 Å². The topological polar surface area (TPSA) is 57.6 Å². The molecular weight excluding hydrogens is 310 g/mol. The van der Waals surface area contributed by atoms with Crippen molar-refractivity contribution in [2.45, 2.75) is 31.1 Å². The van der Waals surface area contributed by atoms with Gasteiger partial charge in [-0.05, 0) is 36.6 Å². The number of carboxylic acids is 1. The van der Waals surface area contributed by atoms with Crippen LogP contribution in [-0.4, -0.2) is 23.5 Å². The van der Waals surface area contributed by atoms with Crippen LogP contribution in [0.2, 0.25) is 0 Å². The summed E-state index contributed by atoms with van der Waals surface area (Å²) in [7, 11) is 0. The zero-order valence-corrected chi connectivity index (χ0v) is 11.9. The van der Waals surface area contributed by atoms with Gasteiger partial charge in [-0.2, -0.15) is 0 Å². The van der Waals surface area contributed by atoms with Crippen molar-refractivity contribution < 1.29 is 14.7 Å². The number of carbonyl (C=O) groups is 2. The van der Waals surface area contributed by atoms with Crippen LogP contribution in [0, 0.1) is 0 Å². The molecule has 0 atom stereocenters. The lowest BCUT2D eigenvalue weighted by molar-refractivity contribution is -0.137. The Morgan fingerprint density at radius 3 is 2.68 bits per heavy atom. The third-order valence-corrected chi connectivity index (χ3v) is 4.66. The first-order valence-corrected chi connectivity index (χ1v) is 7.18. The van der Waals surface area contributed by atoms with Gasteiger partial charge in [0.25, 0.3) is 0 Å². The number of hydrogen-bond acceptors (Lipinski definition) is 2. The molecule has 1 spiro atoms. The first kappa shape index (κ1) is 12.7. The van der Waals surface area contributed by atoms with Crippen molar-refractivity contribution in [1.82, 2.24) is 0 Å². The van der Waals surface area contributed by atoms with Crippen molar-refractivity contribution in [2.75, 3.05) is 11.4 Å². The van der Waals surface area contributed by atoms with Crippen molar-refractivity contribution in [2.24, 2.45) is 0 Å². The van der Waals surface area contributed by atoms with Crippen molar-refractivity contribution in [1.29, 1.82) is 0 Å². The molecule has 1 aliphatic carbocycles. The maximum atomic E-state index is 12.7. The molecular formula is C14H14BrNO3. The largest absolute Gasteiger partial charge is 0.480 e. The second-order valence-corrected chi connectivity index (χ2v) is 6.15. The van der Waals surface area contributed by atoms with E-state index in [1.807, 2.05) is 18.2 Å². The molecule has 1 aromatic carbocycles. The predicted octanol–water partition coefficient (Wildman–Crippen LogP) is 2.69. The number of rotatable bonds is 2. The Morgan fingerprint density at radius 1 is 1.37 bits per heavy atom. The van der Waals surface area contributed by atoms with Crippen LogP contribution in [0.15, 0.2) is 22.7 Å². The highest BCUT2D eigenvalue weighted by molar-refractivity contribution is 9.10. The van der Waals surface area contributed by atoms with Crippen LogP contribution in [0.4, 0.5) is 5.69 Å². The number of hydrogen-bond donors (Lipinski definition) is 1. The molecule has 5 heteroatoms. The minimum Gasteiger partial charge on any atom is -0.480 e. The van der Waals surface area contributed by atoms with Crippen LogP contribution in [-0.2, 0) is 15.0 Å². The molecule has 100 valence electrons. The van der Waals surface area contributed by atoms with E-state index in [4.69, 9.17) is 5.11 Å². The molecule has 19 heavy (non-hydrogen) atoms. The second-order valence-electron chi connectivity index (χ2n) is 5.24. The summed E-state index contributed by atoms with van der Waals surface area (Å²) in [6.45, 7) is -0.255. The number of nitrogens with zero attached hydrogens (tertiary/aromatic N) is 1. The minimum absolute atomic E-state index is 0.0412. The Balaban J connectivity index is 2.14. The van der Waals surface area contributed by atoms with Gasteiger partial charge in [0, 0.05) is 10.2 Å². The van der Waals surface area contributed by atoms with Gasteiger partial charge in [0.1, 0.15) is 6.54 Å². The lowest BCUT2D eigenvalue weighted by atomic mass is 9.80. The SMILES string of the molecule is O=C(O)CN1C(=O)C2(CCCC2)c2cc(Br)ccc21. The smallest absolute Gasteiger partial charge is 0.323 e. The Morgan fingerprint density at radius 2 is 2.05 bits per heavy atom. The normalized spacial score (nSPS) is 20.1. The number of carbonyl (C=O) groups excluding carboxylic acids is 1. The number of carboxylic acid groups (broad SMARTS) is 1. The zero-order chi connectivity index (χ0) is 13.6. The van der Waals surface area contributed by atoms with Crippen LogP contribution in [0.5, 0.6) is 0 Å². The number of benzene rings is 1. The van der Waals surface area contributed by atoms with Crippen LogP contribution in [0.25, 0.3) is 0 Å². The van der Waals surface area contributed by atoms with E-state index in [1.165, 1.54) is 4.90 Å². The molecule has 0 aromatic heterocycles. The molecule has 1 aromatic rings. The molecule has 0 radical (unpaired) electrons. The van der Waals surface area contributed by atoms with Crippen LogP contribution in [0.1, 0.15) is 31.2 Å². The number of anilines is 1. The summed E-state index contributed by atoms with van der Waals surface area (Å²) in [5, 5.41) is 9.00. The highest BCUT2D eigenvalue weighted by Gasteiger charge is 2.52. The first-order valence-electron chi connectivity index (χ1n) is 6.38. The maximum absolute atomic E-state index is 12.7. The third kappa shape index (κ3) is 1.79. The van der Waals surface area contributed by atoms with Gasteiger partial charge >= 0.3 is 5.97 Å². The van der Waals surface area contributed by atoms with Gasteiger partial charge < -0.3 is 10.0 Å². The van der Waals surface area contributed by atoms with Gasteiger partial charge in [-0.25, -0.2) is 0 Å². The van der Waals surface area contributed by atoms with Crippen LogP contribution >= 0.6 is 15.9 Å². The Labute approximate surface area is 119 Å². The fraction of sp³-hybridized carbons (Fsp3) is 0.429. The maximum Gasteiger partial charge on any atom is 0.323 e. The van der Waals surface area contributed by atoms with E-state index in [1.54, 1.807) is 0 Å². The summed E-state index contributed by atoms with van der Waals surface area (Å²) in [5.74, 6) is -1.02. The van der Waals surface area contributed by atoms with Crippen molar-refractivity contribution in [3.05, 3.63) is 28.2 Å². The number of fused-ring (bicyclic) bond motifs is 2. The fourth-order valence-corrected chi connectivity index (χ4v) is 3.72. The molecule has 0 unspecified atom stereocenters. The monoisotopic (exact) mass is 323 g/mol. The van der Waals surface area contributed by atoms with E-state index >= 15 is 0 Å². The van der Waals surface area contributed by atoms with Gasteiger partial charge in [0.2, 0.25) is 5.91 Å². The molecule has 0 saturated heterocycles. The predicted molar refractivity (Wildman–Crippen MR) is 74.3 cm³/mol. The van der Waals surface area contributed by atoms with Crippen LogP contribution < -0.4 is 4.90 Å². The average molecular weight is 324 g/mol. The van der Waals surface area contributed by atoms with E-state index in [-0.39, 0.29) is 12.5 Å². The van der Waals surface area contributed by atoms with E-state index in [0.29, 0.717) is 0 Å². The zero-order valence-electron chi connectivity index (χ0n) is 10.4. The summed E-state index contributed by atoms with van der Waals surface area (Å²) >= 11 is 3.44. The Bertz CT molecular complexity index is 564. The van der Waals surface area contributed by atoms with Gasteiger partial charge in [-0.1, -0.05) is 28.8 Å². The summed E-state index contributed by atoms with van der Waals surface area (Å²) in [6, 6.07) is 5.67. The summed E-state index contributed by atoms with van der Waals surface area (Å²) in [4.78, 5) is 25.1. The minimum atomic E-state index is -0.975. The molecule has 2 aliphatic rings. The van der Waals surface area contributed by atoms with E-state index < -0.39 is 11.4 Å². The van der Waals surface area contributed by atoms with Gasteiger partial charge in [0.05, 0.1) is 5.41 Å². The van der Waals surface area contributed by atoms with Crippen LogP contribution in [0.3, 0.4) is 0 Å². The average Bonchev–Trinajstić information content (AvgIpc) is 2.92. The molecule has 1 aliphatic heterocycles. The number of amides is 1. The summed E-state index contributed by atoms with van der Waals surface area (Å²) in [6.07, 6.45) is 3.70. The van der Waals surface area contributed by atoms with E-state index in [2.05, 4.69) is 15.9 Å². The molecule has 1 N–H and O–H groups in total. The summed E-state index contributed by atoms with van der Waals surface area (Å²) < 4.78 is 0.933. The van der Waals surface area contributed by atoms with Crippen molar-refractivity contribution in [3.8, 4) is 0 Å². The van der Waals surface area contributed by atoms with Gasteiger partial charge in [-0.3, -0.25) is 9.59 Å². The molecule has 4 nitrogen and oxygen atoms in total. The van der Waals surface area contributed by atoms with E-state index in [9.17, 15) is 9.59 Å². The number of halogens is 1. The molecule has 1 heterocycles. The third-order valence-electron chi connectivity index (χ3n) is 4.17. The molecule has 1 saturated carbocycles. The first-order chi connectivity index (χ1) is 9.04.